The fourth-order valence-corrected chi connectivity index (χ4v) is 1.00. The molecule has 0 aromatic carbocycles. The van der Waals surface area contributed by atoms with E-state index in [2.05, 4.69) is 50.1 Å². The number of rotatable bonds is 0. The van der Waals surface area contributed by atoms with E-state index in [-0.39, 0.29) is 0 Å². The molecular formula is C9H13N. The second kappa shape index (κ2) is 2.74. The fraction of sp³-hybridized carbons (Fsp3) is 0.333. The molecule has 0 aromatic rings. The Morgan fingerprint density at radius 3 is 2.70 bits per heavy atom. The fourth-order valence-electron chi connectivity index (χ4n) is 1.00. The lowest BCUT2D eigenvalue weighted by Crippen LogP contribution is -2.15. The molecule has 1 aliphatic rings. The van der Waals surface area contributed by atoms with Crippen LogP contribution in [0.4, 0.5) is 0 Å². The summed E-state index contributed by atoms with van der Waals surface area (Å²) in [4.78, 5) is 2.17. The Balaban J connectivity index is 2.89. The minimum absolute atomic E-state index is 1.26. The van der Waals surface area contributed by atoms with Gasteiger partial charge in [-0.25, -0.2) is 0 Å². The summed E-state index contributed by atoms with van der Waals surface area (Å²) in [6, 6.07) is 0. The van der Waals surface area contributed by atoms with E-state index in [4.69, 9.17) is 0 Å². The SMILES string of the molecule is C/C=C1/C=CC=C(C)N1C. The van der Waals surface area contributed by atoms with Gasteiger partial charge < -0.3 is 4.90 Å². The van der Waals surface area contributed by atoms with Gasteiger partial charge in [0, 0.05) is 18.4 Å². The quantitative estimate of drug-likeness (QED) is 0.492. The van der Waals surface area contributed by atoms with E-state index in [9.17, 15) is 0 Å². The molecule has 0 N–H and O–H groups in total. The highest BCUT2D eigenvalue weighted by Crippen LogP contribution is 2.15. The monoisotopic (exact) mass is 135 g/mol. The van der Waals surface area contributed by atoms with Gasteiger partial charge in [-0.05, 0) is 26.0 Å². The first-order valence-corrected chi connectivity index (χ1v) is 3.50. The average molecular weight is 135 g/mol. The molecule has 0 aliphatic carbocycles. The van der Waals surface area contributed by atoms with Gasteiger partial charge in [-0.15, -0.1) is 0 Å². The van der Waals surface area contributed by atoms with Gasteiger partial charge >= 0.3 is 0 Å². The van der Waals surface area contributed by atoms with Gasteiger partial charge in [-0.2, -0.15) is 0 Å². The van der Waals surface area contributed by atoms with Crippen molar-refractivity contribution in [3.05, 3.63) is 35.7 Å². The Morgan fingerprint density at radius 2 is 2.20 bits per heavy atom. The number of hydrogen-bond donors (Lipinski definition) is 0. The van der Waals surface area contributed by atoms with Crippen LogP contribution in [0.1, 0.15) is 13.8 Å². The maximum Gasteiger partial charge on any atom is 0.0362 e. The molecule has 0 fully saturated rings. The van der Waals surface area contributed by atoms with Crippen LogP contribution in [0.3, 0.4) is 0 Å². The molecule has 0 bridgehead atoms. The Morgan fingerprint density at radius 1 is 1.50 bits per heavy atom. The molecule has 0 atom stereocenters. The number of allylic oxidation sites excluding steroid dienone is 5. The average Bonchev–Trinajstić information content (AvgIpc) is 1.95. The third-order valence-electron chi connectivity index (χ3n) is 1.82. The lowest BCUT2D eigenvalue weighted by atomic mass is 10.2. The molecule has 0 spiro atoms. The van der Waals surface area contributed by atoms with Crippen LogP contribution in [0.5, 0.6) is 0 Å². The van der Waals surface area contributed by atoms with Gasteiger partial charge in [0.15, 0.2) is 0 Å². The van der Waals surface area contributed by atoms with E-state index in [1.165, 1.54) is 11.4 Å². The normalized spacial score (nSPS) is 21.7. The van der Waals surface area contributed by atoms with Crippen molar-refractivity contribution < 1.29 is 0 Å². The summed E-state index contributed by atoms with van der Waals surface area (Å²) < 4.78 is 0. The van der Waals surface area contributed by atoms with Crippen LogP contribution in [-0.2, 0) is 0 Å². The van der Waals surface area contributed by atoms with E-state index in [0.29, 0.717) is 0 Å². The highest BCUT2D eigenvalue weighted by Gasteiger charge is 2.03. The van der Waals surface area contributed by atoms with Gasteiger partial charge in [-0.3, -0.25) is 0 Å². The van der Waals surface area contributed by atoms with Crippen LogP contribution in [0.25, 0.3) is 0 Å². The standard InChI is InChI=1S/C9H13N/c1-4-9-7-5-6-8(2)10(9)3/h4-7H,1-3H3/b9-4-. The molecule has 0 aromatic heterocycles. The summed E-state index contributed by atoms with van der Waals surface area (Å²) in [6.45, 7) is 4.15. The first kappa shape index (κ1) is 7.13. The molecular weight excluding hydrogens is 122 g/mol. The zero-order chi connectivity index (χ0) is 7.56. The van der Waals surface area contributed by atoms with Crippen molar-refractivity contribution in [1.29, 1.82) is 0 Å². The molecule has 0 unspecified atom stereocenters. The molecule has 0 amide bonds. The molecule has 0 radical (unpaired) electrons. The predicted molar refractivity (Wildman–Crippen MR) is 44.4 cm³/mol. The van der Waals surface area contributed by atoms with Crippen LogP contribution in [0.15, 0.2) is 35.7 Å². The van der Waals surface area contributed by atoms with E-state index >= 15 is 0 Å². The lowest BCUT2D eigenvalue weighted by molar-refractivity contribution is 0.531. The summed E-state index contributed by atoms with van der Waals surface area (Å²) in [5.74, 6) is 0. The van der Waals surface area contributed by atoms with Crippen LogP contribution < -0.4 is 0 Å². The van der Waals surface area contributed by atoms with Crippen LogP contribution in [0.2, 0.25) is 0 Å². The predicted octanol–water partition coefficient (Wildman–Crippen LogP) is 2.30. The van der Waals surface area contributed by atoms with Gasteiger partial charge in [0.1, 0.15) is 0 Å². The lowest BCUT2D eigenvalue weighted by Gasteiger charge is -2.23. The molecule has 0 saturated heterocycles. The van der Waals surface area contributed by atoms with Gasteiger partial charge in [0.2, 0.25) is 0 Å². The molecule has 10 heavy (non-hydrogen) atoms. The summed E-state index contributed by atoms with van der Waals surface area (Å²) in [7, 11) is 2.07. The van der Waals surface area contributed by atoms with Crippen molar-refractivity contribution >= 4 is 0 Å². The van der Waals surface area contributed by atoms with E-state index in [0.717, 1.165) is 0 Å². The van der Waals surface area contributed by atoms with E-state index in [1.807, 2.05) is 0 Å². The van der Waals surface area contributed by atoms with Crippen molar-refractivity contribution in [2.24, 2.45) is 0 Å². The Bertz CT molecular complexity index is 209. The first-order valence-electron chi connectivity index (χ1n) is 3.50. The van der Waals surface area contributed by atoms with Crippen LogP contribution in [0, 0.1) is 0 Å². The number of hydrogen-bond acceptors (Lipinski definition) is 1. The number of nitrogens with zero attached hydrogens (tertiary/aromatic N) is 1. The minimum Gasteiger partial charge on any atom is -0.349 e. The zero-order valence-corrected chi connectivity index (χ0v) is 6.76. The van der Waals surface area contributed by atoms with Crippen molar-refractivity contribution in [1.82, 2.24) is 4.90 Å². The summed E-state index contributed by atoms with van der Waals surface area (Å²) in [5.41, 5.74) is 2.55. The Kier molecular flexibility index (Phi) is 1.95. The smallest absolute Gasteiger partial charge is 0.0362 e. The summed E-state index contributed by atoms with van der Waals surface area (Å²) >= 11 is 0. The first-order chi connectivity index (χ1) is 4.75. The van der Waals surface area contributed by atoms with Crippen LogP contribution in [-0.4, -0.2) is 11.9 Å². The van der Waals surface area contributed by atoms with E-state index in [1.54, 1.807) is 0 Å². The molecule has 1 heteroatoms. The minimum atomic E-state index is 1.26. The largest absolute Gasteiger partial charge is 0.349 e. The Hall–Kier alpha value is -0.980. The van der Waals surface area contributed by atoms with Crippen molar-refractivity contribution in [2.45, 2.75) is 13.8 Å². The molecule has 1 aliphatic heterocycles. The third kappa shape index (κ3) is 1.13. The molecule has 1 nitrogen and oxygen atoms in total. The van der Waals surface area contributed by atoms with Crippen LogP contribution >= 0.6 is 0 Å². The van der Waals surface area contributed by atoms with Gasteiger partial charge in [0.05, 0.1) is 0 Å². The highest BCUT2D eigenvalue weighted by molar-refractivity contribution is 5.30. The second-order valence-corrected chi connectivity index (χ2v) is 2.44. The van der Waals surface area contributed by atoms with Gasteiger partial charge in [0.25, 0.3) is 0 Å². The molecule has 0 saturated carbocycles. The van der Waals surface area contributed by atoms with Gasteiger partial charge in [-0.1, -0.05) is 12.2 Å². The Labute approximate surface area is 62.3 Å². The second-order valence-electron chi connectivity index (χ2n) is 2.44. The van der Waals surface area contributed by atoms with E-state index < -0.39 is 0 Å². The molecule has 54 valence electrons. The molecule has 1 rings (SSSR count). The van der Waals surface area contributed by atoms with Crippen molar-refractivity contribution in [3.63, 3.8) is 0 Å². The number of likely N-dealkylation sites (N-methyl/N-ethyl adjacent to an activating group) is 1. The molecule has 1 heterocycles. The zero-order valence-electron chi connectivity index (χ0n) is 6.76. The highest BCUT2D eigenvalue weighted by atomic mass is 15.1. The topological polar surface area (TPSA) is 3.24 Å². The summed E-state index contributed by atoms with van der Waals surface area (Å²) in [6.07, 6.45) is 8.39. The maximum atomic E-state index is 2.17. The maximum absolute atomic E-state index is 2.17. The van der Waals surface area contributed by atoms with Crippen molar-refractivity contribution in [2.75, 3.05) is 7.05 Å². The third-order valence-corrected chi connectivity index (χ3v) is 1.82. The van der Waals surface area contributed by atoms with Crippen molar-refractivity contribution in [3.8, 4) is 0 Å². The summed E-state index contributed by atoms with van der Waals surface area (Å²) in [5, 5.41) is 0.